The van der Waals surface area contributed by atoms with Crippen molar-refractivity contribution in [2.24, 2.45) is 5.92 Å². The molecule has 1 saturated heterocycles. The summed E-state index contributed by atoms with van der Waals surface area (Å²) in [5, 5.41) is 2.96. The predicted molar refractivity (Wildman–Crippen MR) is 100 cm³/mol. The summed E-state index contributed by atoms with van der Waals surface area (Å²) in [6.45, 7) is 6.53. The first kappa shape index (κ1) is 17.8. The number of piperidine rings is 1. The van der Waals surface area contributed by atoms with E-state index in [1.54, 1.807) is 11.1 Å². The Morgan fingerprint density at radius 1 is 1.35 bits per heavy atom. The van der Waals surface area contributed by atoms with Gasteiger partial charge in [-0.1, -0.05) is 18.7 Å². The van der Waals surface area contributed by atoms with Crippen molar-refractivity contribution < 1.29 is 9.59 Å². The van der Waals surface area contributed by atoms with Crippen molar-refractivity contribution in [3.05, 3.63) is 54.9 Å². The van der Waals surface area contributed by atoms with Crippen molar-refractivity contribution in [3.63, 3.8) is 0 Å². The number of nitrogens with zero attached hydrogens (tertiary/aromatic N) is 3. The second-order valence-corrected chi connectivity index (χ2v) is 6.42. The minimum Gasteiger partial charge on any atom is -0.338 e. The molecule has 0 bridgehead atoms. The van der Waals surface area contributed by atoms with Gasteiger partial charge in [0.25, 0.3) is 0 Å². The first-order valence-electron chi connectivity index (χ1n) is 8.69. The minimum absolute atomic E-state index is 0.0751. The zero-order valence-corrected chi connectivity index (χ0v) is 14.8. The average molecular weight is 350 g/mol. The SMILES string of the molecule is C=CC(=O)N1CCCC(C(=O)Nc2cccc(-c3nccc(C)n3)c2)C1. The van der Waals surface area contributed by atoms with Crippen molar-refractivity contribution in [3.8, 4) is 11.4 Å². The molecule has 0 aliphatic carbocycles. The highest BCUT2D eigenvalue weighted by Crippen LogP contribution is 2.22. The van der Waals surface area contributed by atoms with Gasteiger partial charge in [0.05, 0.1) is 5.92 Å². The molecule has 1 aliphatic heterocycles. The number of carbonyl (C=O) groups excluding carboxylic acids is 2. The lowest BCUT2D eigenvalue weighted by Gasteiger charge is -2.31. The van der Waals surface area contributed by atoms with Gasteiger partial charge in [-0.25, -0.2) is 9.97 Å². The number of aromatic nitrogens is 2. The zero-order valence-electron chi connectivity index (χ0n) is 14.8. The van der Waals surface area contributed by atoms with Crippen LogP contribution in [-0.2, 0) is 9.59 Å². The van der Waals surface area contributed by atoms with Crippen LogP contribution in [0.1, 0.15) is 18.5 Å². The largest absolute Gasteiger partial charge is 0.338 e. The maximum Gasteiger partial charge on any atom is 0.245 e. The second-order valence-electron chi connectivity index (χ2n) is 6.42. The fourth-order valence-corrected chi connectivity index (χ4v) is 3.09. The number of amides is 2. The lowest BCUT2D eigenvalue weighted by molar-refractivity contribution is -0.130. The standard InChI is InChI=1S/C20H22N4O2/c1-3-18(25)24-11-5-7-16(13-24)20(26)23-17-8-4-6-15(12-17)19-21-10-9-14(2)22-19/h3-4,6,8-10,12,16H,1,5,7,11,13H2,2H3,(H,23,26). The summed E-state index contributed by atoms with van der Waals surface area (Å²) in [5.74, 6) is 0.211. The number of benzene rings is 1. The number of hydrogen-bond donors (Lipinski definition) is 1. The van der Waals surface area contributed by atoms with Gasteiger partial charge in [0.15, 0.2) is 5.82 Å². The Morgan fingerprint density at radius 3 is 2.96 bits per heavy atom. The molecule has 1 unspecified atom stereocenters. The molecule has 0 saturated carbocycles. The number of nitrogens with one attached hydrogen (secondary N) is 1. The summed E-state index contributed by atoms with van der Waals surface area (Å²) in [5.41, 5.74) is 2.43. The quantitative estimate of drug-likeness (QED) is 0.861. The molecule has 1 N–H and O–H groups in total. The third-order valence-corrected chi connectivity index (χ3v) is 4.46. The van der Waals surface area contributed by atoms with Crippen LogP contribution in [0.4, 0.5) is 5.69 Å². The van der Waals surface area contributed by atoms with Crippen LogP contribution in [0, 0.1) is 12.8 Å². The highest BCUT2D eigenvalue weighted by molar-refractivity contribution is 5.94. The lowest BCUT2D eigenvalue weighted by Crippen LogP contribution is -2.43. The first-order chi connectivity index (χ1) is 12.6. The van der Waals surface area contributed by atoms with Gasteiger partial charge in [-0.15, -0.1) is 0 Å². The number of rotatable bonds is 4. The fourth-order valence-electron chi connectivity index (χ4n) is 3.09. The van der Waals surface area contributed by atoms with Crippen LogP contribution in [-0.4, -0.2) is 39.8 Å². The summed E-state index contributed by atoms with van der Waals surface area (Å²) >= 11 is 0. The normalized spacial score (nSPS) is 16.8. The number of hydrogen-bond acceptors (Lipinski definition) is 4. The number of aryl methyl sites for hydroxylation is 1. The molecule has 2 aromatic rings. The van der Waals surface area contributed by atoms with E-state index >= 15 is 0 Å². The Kier molecular flexibility index (Phi) is 5.41. The lowest BCUT2D eigenvalue weighted by atomic mass is 9.97. The number of anilines is 1. The van der Waals surface area contributed by atoms with Crippen molar-refractivity contribution in [1.29, 1.82) is 0 Å². The van der Waals surface area contributed by atoms with E-state index in [4.69, 9.17) is 0 Å². The van der Waals surface area contributed by atoms with Crippen LogP contribution < -0.4 is 5.32 Å². The average Bonchev–Trinajstić information content (AvgIpc) is 2.67. The van der Waals surface area contributed by atoms with Crippen molar-refractivity contribution in [2.75, 3.05) is 18.4 Å². The van der Waals surface area contributed by atoms with Gasteiger partial charge in [0.2, 0.25) is 11.8 Å². The van der Waals surface area contributed by atoms with Crippen molar-refractivity contribution in [2.45, 2.75) is 19.8 Å². The molecule has 3 rings (SSSR count). The van der Waals surface area contributed by atoms with Crippen LogP contribution in [0.15, 0.2) is 49.2 Å². The molecule has 1 aliphatic rings. The molecule has 6 heteroatoms. The molecule has 2 heterocycles. The van der Waals surface area contributed by atoms with Gasteiger partial charge in [-0.05, 0) is 44.0 Å². The first-order valence-corrected chi connectivity index (χ1v) is 8.69. The summed E-state index contributed by atoms with van der Waals surface area (Å²) in [6, 6.07) is 9.32. The van der Waals surface area contributed by atoms with Crippen LogP contribution in [0.5, 0.6) is 0 Å². The molecule has 0 radical (unpaired) electrons. The number of likely N-dealkylation sites (tertiary alicyclic amines) is 1. The van der Waals surface area contributed by atoms with Crippen LogP contribution in [0.3, 0.4) is 0 Å². The maximum atomic E-state index is 12.6. The van der Waals surface area contributed by atoms with E-state index in [1.807, 2.05) is 37.3 Å². The monoisotopic (exact) mass is 350 g/mol. The molecular weight excluding hydrogens is 328 g/mol. The minimum atomic E-state index is -0.216. The molecule has 1 aromatic heterocycles. The van der Waals surface area contributed by atoms with E-state index in [9.17, 15) is 9.59 Å². The van der Waals surface area contributed by atoms with E-state index in [-0.39, 0.29) is 17.7 Å². The Morgan fingerprint density at radius 2 is 2.19 bits per heavy atom. The molecule has 0 spiro atoms. The Bertz CT molecular complexity index is 834. The Hall–Kier alpha value is -3.02. The Balaban J connectivity index is 1.70. The topological polar surface area (TPSA) is 75.2 Å². The van der Waals surface area contributed by atoms with E-state index < -0.39 is 0 Å². The highest BCUT2D eigenvalue weighted by atomic mass is 16.2. The van der Waals surface area contributed by atoms with Crippen LogP contribution >= 0.6 is 0 Å². The maximum absolute atomic E-state index is 12.6. The Labute approximate surface area is 153 Å². The van der Waals surface area contributed by atoms with E-state index in [0.29, 0.717) is 24.6 Å². The summed E-state index contributed by atoms with van der Waals surface area (Å²) in [6.07, 6.45) is 4.60. The van der Waals surface area contributed by atoms with E-state index in [1.165, 1.54) is 6.08 Å². The van der Waals surface area contributed by atoms with Gasteiger partial charge < -0.3 is 10.2 Å². The van der Waals surface area contributed by atoms with Gasteiger partial charge in [0, 0.05) is 36.2 Å². The third kappa shape index (κ3) is 4.14. The summed E-state index contributed by atoms with van der Waals surface area (Å²) in [4.78, 5) is 34.8. The molecule has 1 aromatic carbocycles. The van der Waals surface area contributed by atoms with Crippen LogP contribution in [0.25, 0.3) is 11.4 Å². The van der Waals surface area contributed by atoms with Crippen molar-refractivity contribution in [1.82, 2.24) is 14.9 Å². The van der Waals surface area contributed by atoms with Gasteiger partial charge in [-0.3, -0.25) is 9.59 Å². The smallest absolute Gasteiger partial charge is 0.245 e. The molecule has 1 fully saturated rings. The molecule has 134 valence electrons. The van der Waals surface area contributed by atoms with Crippen LogP contribution in [0.2, 0.25) is 0 Å². The molecule has 1 atom stereocenters. The van der Waals surface area contributed by atoms with E-state index in [0.717, 1.165) is 24.1 Å². The highest BCUT2D eigenvalue weighted by Gasteiger charge is 2.27. The zero-order chi connectivity index (χ0) is 18.5. The molecule has 26 heavy (non-hydrogen) atoms. The predicted octanol–water partition coefficient (Wildman–Crippen LogP) is 2.82. The molecule has 6 nitrogen and oxygen atoms in total. The fraction of sp³-hybridized carbons (Fsp3) is 0.300. The third-order valence-electron chi connectivity index (χ3n) is 4.46. The van der Waals surface area contributed by atoms with Crippen molar-refractivity contribution >= 4 is 17.5 Å². The molecule has 2 amide bonds. The van der Waals surface area contributed by atoms with E-state index in [2.05, 4.69) is 21.9 Å². The van der Waals surface area contributed by atoms with Gasteiger partial charge in [-0.2, -0.15) is 0 Å². The summed E-state index contributed by atoms with van der Waals surface area (Å²) < 4.78 is 0. The van der Waals surface area contributed by atoms with Gasteiger partial charge in [0.1, 0.15) is 0 Å². The van der Waals surface area contributed by atoms with Gasteiger partial charge >= 0.3 is 0 Å². The number of carbonyl (C=O) groups is 2. The summed E-state index contributed by atoms with van der Waals surface area (Å²) in [7, 11) is 0. The second kappa shape index (κ2) is 7.91. The molecular formula is C20H22N4O2.